The number of para-hydroxylation sites is 1. The van der Waals surface area contributed by atoms with Gasteiger partial charge in [0.1, 0.15) is 27.8 Å². The monoisotopic (exact) mass is 1330 g/mol. The van der Waals surface area contributed by atoms with Gasteiger partial charge in [0, 0.05) is 45.5 Å². The molecule has 26 nitrogen and oxygen atoms in total. The third kappa shape index (κ3) is 17.4. The maximum absolute atomic E-state index is 13.4. The number of carbonyl (C=O) groups is 1. The Bertz CT molecular complexity index is 4980. The summed E-state index contributed by atoms with van der Waals surface area (Å²) in [5, 5.41) is 53.7. The molecule has 0 radical (unpaired) electrons. The molecule has 0 aliphatic carbocycles. The molecule has 0 aromatic heterocycles. The van der Waals surface area contributed by atoms with Crippen molar-refractivity contribution in [2.24, 2.45) is 40.9 Å². The van der Waals surface area contributed by atoms with Crippen molar-refractivity contribution in [3.05, 3.63) is 179 Å². The van der Waals surface area contributed by atoms with Crippen LogP contribution in [0.5, 0.6) is 17.2 Å². The van der Waals surface area contributed by atoms with E-state index in [2.05, 4.69) is 51.5 Å². The fourth-order valence-corrected chi connectivity index (χ4v) is 11.3. The Kier molecular flexibility index (Phi) is 20.1. The number of nitrogens with one attached hydrogen (secondary N) is 2. The van der Waals surface area contributed by atoms with Crippen LogP contribution in [0.4, 0.5) is 62.6 Å². The second-order valence-electron chi connectivity index (χ2n) is 21.0. The van der Waals surface area contributed by atoms with Gasteiger partial charge in [-0.25, -0.2) is 0 Å². The summed E-state index contributed by atoms with van der Waals surface area (Å²) in [5.74, 6) is -2.02. The molecule has 0 saturated carbocycles. The van der Waals surface area contributed by atoms with Crippen molar-refractivity contribution in [2.45, 2.75) is 57.3 Å². The number of benzene rings is 9. The highest BCUT2D eigenvalue weighted by Gasteiger charge is 2.23. The molecule has 0 fully saturated rings. The SMILES string of the molecule is Cc1cc(N=Nc2cc(C)c(N=Nc3cc(C)c(N=Nc4c(S(=O)(=O)O)cc5cc(Nc6ccccc6)ccc5c4O)cc3C)cc2C)c(OCCCS(=O)(=O)O)cc1N=Nc1ccc(C(=O)Nc2ccc3c(OCCCS(=O)(=O)O)cc(S(=O)(=O)O)cc3c2)cc1. The minimum absolute atomic E-state index is 0.00820. The van der Waals surface area contributed by atoms with E-state index in [1.807, 2.05) is 37.3 Å². The van der Waals surface area contributed by atoms with Gasteiger partial charge < -0.3 is 25.2 Å². The summed E-state index contributed by atoms with van der Waals surface area (Å²) in [6.07, 6.45) is -0.173. The quantitative estimate of drug-likeness (QED) is 0.0168. The molecule has 476 valence electrons. The number of carbonyl (C=O) groups excluding carboxylic acids is 1. The lowest BCUT2D eigenvalue weighted by molar-refractivity contribution is 0.102. The summed E-state index contributed by atoms with van der Waals surface area (Å²) in [7, 11) is -18.1. The zero-order valence-electron chi connectivity index (χ0n) is 49.5. The summed E-state index contributed by atoms with van der Waals surface area (Å²) >= 11 is 0. The number of fused-ring (bicyclic) bond motifs is 2. The standard InChI is InChI=1S/C62H58N10O16S4/c1-36-26-53(37(2)25-51(36)67-68-52-27-39(4)54(28-38(52)3)70-72-60-59(92(84,85)86)33-43-31-46(18-20-50(43)61(60)73)63-44-11-7-6-8-12-44)69-71-56-29-40(5)55(35-58(56)88-22-10-24-90(78,79)80)66-65-45-15-13-41(14-16-45)62(74)64-47-17-19-49-42(30-47)32-48(91(81,82)83)34-57(49)87-21-9-23-89(75,76)77/h6-8,11-20,25-35,63,73H,9-10,21-24H2,1-5H3,(H,64,74)(H,75,76,77)(H,78,79,80)(H,81,82,83)(H,84,85,86). The van der Waals surface area contributed by atoms with Crippen LogP contribution in [0, 0.1) is 34.6 Å². The number of ether oxygens (including phenoxy) is 2. The second kappa shape index (κ2) is 27.8. The topological polar surface area (TPSA) is 396 Å². The number of amides is 1. The summed E-state index contributed by atoms with van der Waals surface area (Å²) in [6.45, 7) is 8.53. The third-order valence-electron chi connectivity index (χ3n) is 13.9. The second-order valence-corrected chi connectivity index (χ2v) is 27.0. The van der Waals surface area contributed by atoms with Crippen LogP contribution in [0.3, 0.4) is 0 Å². The van der Waals surface area contributed by atoms with E-state index in [0.717, 1.165) is 11.8 Å². The van der Waals surface area contributed by atoms with Crippen molar-refractivity contribution in [2.75, 3.05) is 35.4 Å². The maximum atomic E-state index is 13.4. The average Bonchev–Trinajstić information content (AvgIpc) is 0.787. The van der Waals surface area contributed by atoms with Gasteiger partial charge in [-0.3, -0.25) is 23.0 Å². The summed E-state index contributed by atoms with van der Waals surface area (Å²) in [4.78, 5) is 12.2. The van der Waals surface area contributed by atoms with Crippen LogP contribution in [-0.2, 0) is 40.5 Å². The Hall–Kier alpha value is -9.79. The van der Waals surface area contributed by atoms with Gasteiger partial charge in [-0.05, 0) is 201 Å². The van der Waals surface area contributed by atoms with Crippen molar-refractivity contribution >= 4 is 130 Å². The van der Waals surface area contributed by atoms with Gasteiger partial charge in [0.25, 0.3) is 46.4 Å². The van der Waals surface area contributed by atoms with Gasteiger partial charge in [0.15, 0.2) is 5.75 Å². The van der Waals surface area contributed by atoms with Gasteiger partial charge in [0.05, 0.1) is 63.7 Å². The highest BCUT2D eigenvalue weighted by molar-refractivity contribution is 7.86. The van der Waals surface area contributed by atoms with Crippen LogP contribution >= 0.6 is 0 Å². The first kappa shape index (κ1) is 66.6. The maximum Gasteiger partial charge on any atom is 0.296 e. The molecule has 0 unspecified atom stereocenters. The molecule has 30 heteroatoms. The number of phenols is 1. The van der Waals surface area contributed by atoms with Crippen molar-refractivity contribution in [1.82, 2.24) is 0 Å². The summed E-state index contributed by atoms with van der Waals surface area (Å²) in [5.41, 5.74) is 7.32. The van der Waals surface area contributed by atoms with Gasteiger partial charge in [-0.2, -0.15) is 64.4 Å². The first-order valence-electron chi connectivity index (χ1n) is 27.7. The number of nitrogens with zero attached hydrogens (tertiary/aromatic N) is 8. The molecule has 0 heterocycles. The molecule has 0 bridgehead atoms. The number of hydrogen-bond donors (Lipinski definition) is 7. The number of anilines is 3. The van der Waals surface area contributed by atoms with E-state index in [9.17, 15) is 57.2 Å². The Morgan fingerprint density at radius 2 is 0.913 bits per heavy atom. The molecule has 0 aliphatic rings. The van der Waals surface area contributed by atoms with Crippen LogP contribution < -0.4 is 20.1 Å². The van der Waals surface area contributed by atoms with E-state index in [1.54, 1.807) is 82.3 Å². The molecule has 0 spiro atoms. The lowest BCUT2D eigenvalue weighted by Crippen LogP contribution is -2.11. The van der Waals surface area contributed by atoms with Crippen LogP contribution in [0.15, 0.2) is 196 Å². The molecule has 9 aromatic carbocycles. The Labute approximate surface area is 528 Å². The normalized spacial score (nSPS) is 12.5. The van der Waals surface area contributed by atoms with Gasteiger partial charge in [-0.1, -0.05) is 18.2 Å². The molecule has 92 heavy (non-hydrogen) atoms. The van der Waals surface area contributed by atoms with Crippen molar-refractivity contribution < 1.29 is 71.3 Å². The van der Waals surface area contributed by atoms with Gasteiger partial charge in [0.2, 0.25) is 0 Å². The van der Waals surface area contributed by atoms with Crippen molar-refractivity contribution in [1.29, 1.82) is 0 Å². The Morgan fingerprint density at radius 3 is 1.46 bits per heavy atom. The van der Waals surface area contributed by atoms with Crippen LogP contribution in [-0.4, -0.2) is 87.6 Å². The number of phenolic OH excluding ortho intramolecular Hbond substituents is 1. The van der Waals surface area contributed by atoms with Crippen molar-refractivity contribution in [3.8, 4) is 17.2 Å². The third-order valence-corrected chi connectivity index (χ3v) is 17.2. The first-order chi connectivity index (χ1) is 43.4. The summed E-state index contributed by atoms with van der Waals surface area (Å²) in [6, 6.07) is 38.4. The first-order valence-corrected chi connectivity index (χ1v) is 33.8. The molecular weight excluding hydrogens is 1270 g/mol. The van der Waals surface area contributed by atoms with Crippen molar-refractivity contribution in [3.63, 3.8) is 0 Å². The molecular formula is C62H58N10O16S4. The number of azo groups is 4. The molecule has 9 rings (SSSR count). The molecule has 9 aromatic rings. The molecule has 1 amide bonds. The van der Waals surface area contributed by atoms with Crippen LogP contribution in [0.25, 0.3) is 21.5 Å². The van der Waals surface area contributed by atoms with E-state index in [4.69, 9.17) is 14.0 Å². The number of rotatable bonds is 24. The molecule has 0 atom stereocenters. The number of aromatic hydroxyl groups is 1. The highest BCUT2D eigenvalue weighted by atomic mass is 32.2. The minimum Gasteiger partial charge on any atom is -0.505 e. The number of hydrogen-bond acceptors (Lipinski definition) is 21. The lowest BCUT2D eigenvalue weighted by Gasteiger charge is -2.13. The van der Waals surface area contributed by atoms with Gasteiger partial charge >= 0.3 is 0 Å². The zero-order chi connectivity index (χ0) is 66.3. The smallest absolute Gasteiger partial charge is 0.296 e. The fraction of sp³-hybridized carbons (Fsp3) is 0.177. The lowest BCUT2D eigenvalue weighted by atomic mass is 10.1. The molecule has 7 N–H and O–H groups in total. The zero-order valence-corrected chi connectivity index (χ0v) is 52.8. The predicted molar refractivity (Wildman–Crippen MR) is 346 cm³/mol. The van der Waals surface area contributed by atoms with Crippen LogP contribution in [0.2, 0.25) is 0 Å². The largest absolute Gasteiger partial charge is 0.505 e. The number of aryl methyl sites for hydroxylation is 5. The van der Waals surface area contributed by atoms with Crippen LogP contribution in [0.1, 0.15) is 51.0 Å². The van der Waals surface area contributed by atoms with E-state index in [-0.39, 0.29) is 65.3 Å². The van der Waals surface area contributed by atoms with E-state index < -0.39 is 79.1 Å². The molecule has 0 saturated heterocycles. The Morgan fingerprint density at radius 1 is 0.446 bits per heavy atom. The van der Waals surface area contributed by atoms with E-state index in [1.165, 1.54) is 54.6 Å². The van der Waals surface area contributed by atoms with Gasteiger partial charge in [-0.15, -0.1) is 10.2 Å². The molecule has 0 aliphatic heterocycles. The predicted octanol–water partition coefficient (Wildman–Crippen LogP) is 15.7. The van der Waals surface area contributed by atoms with E-state index in [0.29, 0.717) is 78.4 Å². The summed E-state index contributed by atoms with van der Waals surface area (Å²) < 4.78 is 145. The van der Waals surface area contributed by atoms with E-state index >= 15 is 0 Å². The Balaban J connectivity index is 0.886. The average molecular weight is 1330 g/mol. The fourth-order valence-electron chi connectivity index (χ4n) is 9.19. The minimum atomic E-state index is -4.88. The highest BCUT2D eigenvalue weighted by Crippen LogP contribution is 2.44.